The molecule has 1 radical (unpaired) electrons. The van der Waals surface area contributed by atoms with Gasteiger partial charge in [-0.25, -0.2) is 0 Å². The molecule has 0 spiro atoms. The van der Waals surface area contributed by atoms with Crippen LogP contribution in [-0.4, -0.2) is 36.2 Å². The van der Waals surface area contributed by atoms with Crippen LogP contribution in [0.15, 0.2) is 0 Å². The first-order chi connectivity index (χ1) is 10.2. The second-order valence-corrected chi connectivity index (χ2v) is 8.01. The van der Waals surface area contributed by atoms with Crippen LogP contribution in [0.2, 0.25) is 0 Å². The lowest BCUT2D eigenvalue weighted by Crippen LogP contribution is -2.59. The van der Waals surface area contributed by atoms with Gasteiger partial charge in [0.15, 0.2) is 0 Å². The van der Waals surface area contributed by atoms with Gasteiger partial charge in [0.25, 0.3) is 0 Å². The quantitative estimate of drug-likeness (QED) is 0.559. The van der Waals surface area contributed by atoms with Gasteiger partial charge in [0.1, 0.15) is 0 Å². The maximum atomic E-state index is 6.07. The van der Waals surface area contributed by atoms with E-state index in [1.807, 2.05) is 0 Å². The van der Waals surface area contributed by atoms with Crippen molar-refractivity contribution in [2.45, 2.75) is 91.1 Å². The number of hydrogen-bond donors (Lipinski definition) is 0. The molecule has 131 valence electrons. The minimum absolute atomic E-state index is 0.167. The van der Waals surface area contributed by atoms with E-state index in [9.17, 15) is 0 Å². The highest BCUT2D eigenvalue weighted by atomic mass is 16.7. The number of hydrogen-bond acceptors (Lipinski definition) is 3. The van der Waals surface area contributed by atoms with Gasteiger partial charge in [-0.2, -0.15) is 0 Å². The van der Waals surface area contributed by atoms with Gasteiger partial charge in [0.05, 0.1) is 13.2 Å². The molecule has 0 aliphatic carbocycles. The smallest absolute Gasteiger partial charge is 0.227 e. The molecule has 0 bridgehead atoms. The SMILES string of the molecule is CCCCO[C](OCCCC)C1CC(C)(C)N(C)C(C)(C)C1. The van der Waals surface area contributed by atoms with Crippen molar-refractivity contribution in [2.24, 2.45) is 5.92 Å². The number of nitrogens with zero attached hydrogens (tertiary/aromatic N) is 1. The van der Waals surface area contributed by atoms with Crippen LogP contribution in [0.3, 0.4) is 0 Å². The highest BCUT2D eigenvalue weighted by molar-refractivity contribution is 5.02. The van der Waals surface area contributed by atoms with Crippen LogP contribution < -0.4 is 0 Å². The van der Waals surface area contributed by atoms with Crippen LogP contribution in [0, 0.1) is 12.2 Å². The third-order valence-electron chi connectivity index (χ3n) is 5.13. The van der Waals surface area contributed by atoms with E-state index in [1.54, 1.807) is 0 Å². The zero-order valence-electron chi connectivity index (χ0n) is 16.0. The molecule has 1 fully saturated rings. The van der Waals surface area contributed by atoms with E-state index in [0.29, 0.717) is 5.92 Å². The maximum Gasteiger partial charge on any atom is 0.227 e. The van der Waals surface area contributed by atoms with E-state index in [2.05, 4.69) is 53.5 Å². The predicted molar refractivity (Wildman–Crippen MR) is 93.6 cm³/mol. The molecule has 1 aliphatic rings. The normalized spacial score (nSPS) is 22.4. The van der Waals surface area contributed by atoms with E-state index in [1.165, 1.54) is 0 Å². The predicted octanol–water partition coefficient (Wildman–Crippen LogP) is 5.01. The zero-order valence-corrected chi connectivity index (χ0v) is 16.0. The molecule has 22 heavy (non-hydrogen) atoms. The monoisotopic (exact) mass is 312 g/mol. The summed E-state index contributed by atoms with van der Waals surface area (Å²) in [6.07, 6.45) is 7.61. The summed E-state index contributed by atoms with van der Waals surface area (Å²) < 4.78 is 12.1. The Hall–Kier alpha value is -0.120. The average molecular weight is 313 g/mol. The first kappa shape index (κ1) is 19.9. The van der Waals surface area contributed by atoms with E-state index in [4.69, 9.17) is 9.47 Å². The summed E-state index contributed by atoms with van der Waals surface area (Å²) >= 11 is 0. The molecule has 0 saturated carbocycles. The van der Waals surface area contributed by atoms with Crippen molar-refractivity contribution in [3.05, 3.63) is 6.29 Å². The third kappa shape index (κ3) is 5.50. The van der Waals surface area contributed by atoms with Crippen LogP contribution in [0.5, 0.6) is 0 Å². The van der Waals surface area contributed by atoms with Gasteiger partial charge in [-0.3, -0.25) is 4.90 Å². The molecule has 0 aromatic carbocycles. The molecule has 0 amide bonds. The highest BCUT2D eigenvalue weighted by Crippen LogP contribution is 2.44. The summed E-state index contributed by atoms with van der Waals surface area (Å²) in [5.74, 6) is 0.398. The van der Waals surface area contributed by atoms with E-state index in [-0.39, 0.29) is 11.1 Å². The summed E-state index contributed by atoms with van der Waals surface area (Å²) in [5, 5.41) is 0. The van der Waals surface area contributed by atoms with Gasteiger partial charge < -0.3 is 9.47 Å². The Morgan fingerprint density at radius 1 is 0.909 bits per heavy atom. The molecule has 0 aromatic rings. The summed E-state index contributed by atoms with van der Waals surface area (Å²) in [6, 6.07) is 0. The van der Waals surface area contributed by atoms with E-state index in [0.717, 1.165) is 58.0 Å². The largest absolute Gasteiger partial charge is 0.345 e. The fourth-order valence-electron chi connectivity index (χ4n) is 3.45. The molecule has 1 aliphatic heterocycles. The van der Waals surface area contributed by atoms with Gasteiger partial charge >= 0.3 is 0 Å². The Kier molecular flexibility index (Phi) is 7.84. The fraction of sp³-hybridized carbons (Fsp3) is 0.947. The van der Waals surface area contributed by atoms with Crippen molar-refractivity contribution in [3.8, 4) is 0 Å². The van der Waals surface area contributed by atoms with Crippen molar-refractivity contribution < 1.29 is 9.47 Å². The maximum absolute atomic E-state index is 6.07. The molecule has 0 unspecified atom stereocenters. The van der Waals surface area contributed by atoms with Crippen LogP contribution in [0.25, 0.3) is 0 Å². The van der Waals surface area contributed by atoms with Gasteiger partial charge in [0.2, 0.25) is 6.29 Å². The van der Waals surface area contributed by atoms with Gasteiger partial charge in [-0.05, 0) is 60.4 Å². The lowest BCUT2D eigenvalue weighted by molar-refractivity contribution is -0.122. The molecular weight excluding hydrogens is 274 g/mol. The number of ether oxygens (including phenoxy) is 2. The number of unbranched alkanes of at least 4 members (excludes halogenated alkanes) is 2. The molecule has 1 heterocycles. The molecule has 0 aromatic heterocycles. The summed E-state index contributed by atoms with van der Waals surface area (Å²) in [7, 11) is 2.24. The Balaban J connectivity index is 2.74. The summed E-state index contributed by atoms with van der Waals surface area (Å²) in [6.45, 7) is 15.3. The number of rotatable bonds is 9. The molecule has 3 heteroatoms. The molecule has 0 atom stereocenters. The molecular formula is C19H38NO2. The van der Waals surface area contributed by atoms with Crippen molar-refractivity contribution in [3.63, 3.8) is 0 Å². The van der Waals surface area contributed by atoms with Gasteiger partial charge in [0, 0.05) is 17.0 Å². The van der Waals surface area contributed by atoms with Gasteiger partial charge in [-0.1, -0.05) is 26.7 Å². The Labute approximate surface area is 138 Å². The molecule has 0 N–H and O–H groups in total. The Bertz CT molecular complexity index is 287. The van der Waals surface area contributed by atoms with Crippen LogP contribution in [0.1, 0.15) is 80.1 Å². The Morgan fingerprint density at radius 3 is 1.68 bits per heavy atom. The first-order valence-corrected chi connectivity index (χ1v) is 9.11. The van der Waals surface area contributed by atoms with Crippen molar-refractivity contribution in [2.75, 3.05) is 20.3 Å². The van der Waals surface area contributed by atoms with Crippen molar-refractivity contribution in [1.29, 1.82) is 0 Å². The first-order valence-electron chi connectivity index (χ1n) is 9.11. The van der Waals surface area contributed by atoms with Gasteiger partial charge in [-0.15, -0.1) is 0 Å². The summed E-state index contributed by atoms with van der Waals surface area (Å²) in [5.41, 5.74) is 0.333. The average Bonchev–Trinajstić information content (AvgIpc) is 2.42. The summed E-state index contributed by atoms with van der Waals surface area (Å²) in [4.78, 5) is 2.51. The lowest BCUT2D eigenvalue weighted by Gasteiger charge is -2.54. The van der Waals surface area contributed by atoms with Crippen molar-refractivity contribution in [1.82, 2.24) is 4.90 Å². The van der Waals surface area contributed by atoms with Crippen LogP contribution >= 0.6 is 0 Å². The molecule has 3 nitrogen and oxygen atoms in total. The Morgan fingerprint density at radius 2 is 1.32 bits per heavy atom. The fourth-order valence-corrected chi connectivity index (χ4v) is 3.45. The lowest BCUT2D eigenvalue weighted by atomic mass is 9.74. The standard InChI is InChI=1S/C19H38NO2/c1-8-10-12-21-17(22-13-11-9-2)16-14-18(3,4)20(7)19(5,6)15-16/h16H,8-15H2,1-7H3. The second-order valence-electron chi connectivity index (χ2n) is 8.01. The zero-order chi connectivity index (χ0) is 16.8. The highest BCUT2D eigenvalue weighted by Gasteiger charge is 2.46. The van der Waals surface area contributed by atoms with Crippen molar-refractivity contribution >= 4 is 0 Å². The topological polar surface area (TPSA) is 21.7 Å². The third-order valence-corrected chi connectivity index (χ3v) is 5.13. The van der Waals surface area contributed by atoms with E-state index >= 15 is 0 Å². The molecule has 1 saturated heterocycles. The number of likely N-dealkylation sites (tertiary alicyclic amines) is 1. The van der Waals surface area contributed by atoms with E-state index < -0.39 is 0 Å². The minimum Gasteiger partial charge on any atom is -0.345 e. The second kappa shape index (κ2) is 8.65. The van der Waals surface area contributed by atoms with Crippen LogP contribution in [-0.2, 0) is 9.47 Å². The van der Waals surface area contributed by atoms with Crippen LogP contribution in [0.4, 0.5) is 0 Å². The molecule has 1 rings (SSSR count). The minimum atomic E-state index is 0.167. The number of piperidine rings is 1.